The van der Waals surface area contributed by atoms with Gasteiger partial charge < -0.3 is 14.8 Å². The maximum atomic E-state index is 12.9. The van der Waals surface area contributed by atoms with Crippen LogP contribution in [-0.2, 0) is 16.1 Å². The standard InChI is InChI=1S/C22H32N4O6/c1-22(2,3)32-21(28)25-11-6-8-17(25)20(27)23-16-10-12-24(14-16)13-15-7-5-9-18(31-4)19(15)26(29)30/h5,7,9,16-17H,6,8,10-14H2,1-4H3,(H,23,27). The van der Waals surface area contributed by atoms with Crippen molar-refractivity contribution >= 4 is 17.7 Å². The summed E-state index contributed by atoms with van der Waals surface area (Å²) in [5, 5.41) is 14.6. The summed E-state index contributed by atoms with van der Waals surface area (Å²) in [5.41, 5.74) is -0.0651. The van der Waals surface area contributed by atoms with Crippen molar-refractivity contribution in [1.82, 2.24) is 15.1 Å². The summed E-state index contributed by atoms with van der Waals surface area (Å²) in [6.45, 7) is 7.59. The summed E-state index contributed by atoms with van der Waals surface area (Å²) < 4.78 is 10.6. The Morgan fingerprint density at radius 3 is 2.66 bits per heavy atom. The normalized spacial score (nSPS) is 21.4. The lowest BCUT2D eigenvalue weighted by Gasteiger charge is -2.28. The Bertz CT molecular complexity index is 868. The van der Waals surface area contributed by atoms with Crippen molar-refractivity contribution in [2.75, 3.05) is 26.7 Å². The first-order valence-corrected chi connectivity index (χ1v) is 10.9. The third-order valence-electron chi connectivity index (χ3n) is 5.68. The van der Waals surface area contributed by atoms with Crippen LogP contribution in [0.1, 0.15) is 45.6 Å². The third kappa shape index (κ3) is 5.67. The molecule has 0 saturated carbocycles. The molecule has 2 atom stereocenters. The van der Waals surface area contributed by atoms with Crippen LogP contribution in [0.2, 0.25) is 0 Å². The molecule has 1 aromatic rings. The van der Waals surface area contributed by atoms with Crippen LogP contribution in [0.4, 0.5) is 10.5 Å². The lowest BCUT2D eigenvalue weighted by atomic mass is 10.1. The first-order chi connectivity index (χ1) is 15.1. The van der Waals surface area contributed by atoms with Gasteiger partial charge in [0.05, 0.1) is 12.0 Å². The molecule has 176 valence electrons. The van der Waals surface area contributed by atoms with E-state index in [1.807, 2.05) is 0 Å². The van der Waals surface area contributed by atoms with Gasteiger partial charge in [0.25, 0.3) is 0 Å². The quantitative estimate of drug-likeness (QED) is 0.526. The van der Waals surface area contributed by atoms with Gasteiger partial charge in [-0.1, -0.05) is 12.1 Å². The second-order valence-corrected chi connectivity index (χ2v) is 9.29. The van der Waals surface area contributed by atoms with Crippen LogP contribution in [0.25, 0.3) is 0 Å². The van der Waals surface area contributed by atoms with E-state index in [1.165, 1.54) is 12.0 Å². The minimum atomic E-state index is -0.616. The molecule has 1 aromatic carbocycles. The van der Waals surface area contributed by atoms with E-state index in [9.17, 15) is 19.7 Å². The smallest absolute Gasteiger partial charge is 0.410 e. The zero-order chi connectivity index (χ0) is 23.5. The van der Waals surface area contributed by atoms with Crippen molar-refractivity contribution < 1.29 is 24.0 Å². The zero-order valence-corrected chi connectivity index (χ0v) is 19.1. The number of carbonyl (C=O) groups excluding carboxylic acids is 2. The first-order valence-electron chi connectivity index (χ1n) is 10.9. The Morgan fingerprint density at radius 2 is 2.00 bits per heavy atom. The highest BCUT2D eigenvalue weighted by Gasteiger charge is 2.38. The van der Waals surface area contributed by atoms with E-state index in [1.54, 1.807) is 39.0 Å². The number of hydrogen-bond acceptors (Lipinski definition) is 7. The van der Waals surface area contributed by atoms with Crippen LogP contribution in [0, 0.1) is 10.1 Å². The van der Waals surface area contributed by atoms with Crippen LogP contribution in [-0.4, -0.2) is 71.2 Å². The van der Waals surface area contributed by atoms with E-state index in [-0.39, 0.29) is 23.4 Å². The first kappa shape index (κ1) is 23.8. The molecule has 0 spiro atoms. The second kappa shape index (κ2) is 9.72. The average molecular weight is 449 g/mol. The summed E-state index contributed by atoms with van der Waals surface area (Å²) in [7, 11) is 1.41. The number of carbonyl (C=O) groups is 2. The van der Waals surface area contributed by atoms with Crippen LogP contribution in [0.15, 0.2) is 18.2 Å². The fourth-order valence-corrected chi connectivity index (χ4v) is 4.28. The van der Waals surface area contributed by atoms with Gasteiger partial charge >= 0.3 is 11.8 Å². The number of rotatable bonds is 6. The fourth-order valence-electron chi connectivity index (χ4n) is 4.28. The van der Waals surface area contributed by atoms with Crippen LogP contribution < -0.4 is 10.1 Å². The molecular formula is C22H32N4O6. The number of nitro benzene ring substituents is 1. The highest BCUT2D eigenvalue weighted by molar-refractivity contribution is 5.86. The fraction of sp³-hybridized carbons (Fsp3) is 0.636. The Labute approximate surface area is 188 Å². The number of ether oxygens (including phenoxy) is 2. The van der Waals surface area contributed by atoms with E-state index in [4.69, 9.17) is 9.47 Å². The molecule has 10 nitrogen and oxygen atoms in total. The summed E-state index contributed by atoms with van der Waals surface area (Å²) >= 11 is 0. The highest BCUT2D eigenvalue weighted by atomic mass is 16.6. The second-order valence-electron chi connectivity index (χ2n) is 9.29. The van der Waals surface area contributed by atoms with Crippen molar-refractivity contribution in [3.63, 3.8) is 0 Å². The molecule has 2 heterocycles. The van der Waals surface area contributed by atoms with Crippen molar-refractivity contribution in [2.24, 2.45) is 0 Å². The summed E-state index contributed by atoms with van der Waals surface area (Å²) in [6, 6.07) is 4.44. The molecule has 2 fully saturated rings. The maximum Gasteiger partial charge on any atom is 0.410 e. The Balaban J connectivity index is 1.58. The highest BCUT2D eigenvalue weighted by Crippen LogP contribution is 2.32. The van der Waals surface area contributed by atoms with Gasteiger partial charge in [0.15, 0.2) is 5.75 Å². The molecule has 0 aromatic heterocycles. The van der Waals surface area contributed by atoms with Crippen LogP contribution in [0.3, 0.4) is 0 Å². The number of amides is 2. The summed E-state index contributed by atoms with van der Waals surface area (Å²) in [4.78, 5) is 40.0. The minimum Gasteiger partial charge on any atom is -0.490 e. The van der Waals surface area contributed by atoms with Crippen molar-refractivity contribution in [3.8, 4) is 5.75 Å². The van der Waals surface area contributed by atoms with E-state index in [0.29, 0.717) is 38.2 Å². The predicted octanol–water partition coefficient (Wildman–Crippen LogP) is 2.69. The van der Waals surface area contributed by atoms with Gasteiger partial charge in [-0.3, -0.25) is 24.7 Å². The van der Waals surface area contributed by atoms with Crippen molar-refractivity contribution in [2.45, 2.75) is 64.3 Å². The van der Waals surface area contributed by atoms with Crippen LogP contribution in [0.5, 0.6) is 5.75 Å². The number of nitro groups is 1. The molecule has 2 saturated heterocycles. The molecule has 2 aliphatic heterocycles. The van der Waals surface area contributed by atoms with Crippen LogP contribution >= 0.6 is 0 Å². The SMILES string of the molecule is COc1cccc(CN2CCC(NC(=O)C3CCCN3C(=O)OC(C)(C)C)C2)c1[N+](=O)[O-]. The Hall–Kier alpha value is -2.88. The number of likely N-dealkylation sites (tertiary alicyclic amines) is 2. The minimum absolute atomic E-state index is 0.0264. The van der Waals surface area contributed by atoms with Gasteiger partial charge in [-0.05, 0) is 46.1 Å². The Kier molecular flexibility index (Phi) is 7.22. The average Bonchev–Trinajstić information content (AvgIpc) is 3.36. The molecular weight excluding hydrogens is 416 g/mol. The largest absolute Gasteiger partial charge is 0.490 e. The molecule has 2 unspecified atom stereocenters. The molecule has 0 aliphatic carbocycles. The van der Waals surface area contributed by atoms with Gasteiger partial charge in [0.1, 0.15) is 11.6 Å². The lowest BCUT2D eigenvalue weighted by molar-refractivity contribution is -0.386. The van der Waals surface area contributed by atoms with Crippen molar-refractivity contribution in [1.29, 1.82) is 0 Å². The molecule has 2 aliphatic rings. The summed E-state index contributed by atoms with van der Waals surface area (Å²) in [6.07, 6.45) is 1.64. The molecule has 2 amide bonds. The van der Waals surface area contributed by atoms with Crippen molar-refractivity contribution in [3.05, 3.63) is 33.9 Å². The number of nitrogens with zero attached hydrogens (tertiary/aromatic N) is 3. The number of hydrogen-bond donors (Lipinski definition) is 1. The number of nitrogens with one attached hydrogen (secondary N) is 1. The summed E-state index contributed by atoms with van der Waals surface area (Å²) in [5.74, 6) is 0.0626. The topological polar surface area (TPSA) is 114 Å². The molecule has 3 rings (SSSR count). The van der Waals surface area contributed by atoms with E-state index < -0.39 is 22.7 Å². The third-order valence-corrected chi connectivity index (χ3v) is 5.68. The molecule has 1 N–H and O–H groups in total. The van der Waals surface area contributed by atoms with E-state index in [0.717, 1.165) is 12.8 Å². The molecule has 0 bridgehead atoms. The number of para-hydroxylation sites is 1. The maximum absolute atomic E-state index is 12.9. The van der Waals surface area contributed by atoms with E-state index >= 15 is 0 Å². The van der Waals surface area contributed by atoms with Gasteiger partial charge in [0.2, 0.25) is 5.91 Å². The van der Waals surface area contributed by atoms with Gasteiger partial charge in [-0.25, -0.2) is 4.79 Å². The Morgan fingerprint density at radius 1 is 1.25 bits per heavy atom. The number of methoxy groups -OCH3 is 1. The number of benzene rings is 1. The lowest BCUT2D eigenvalue weighted by Crippen LogP contribution is -2.50. The molecule has 32 heavy (non-hydrogen) atoms. The zero-order valence-electron chi connectivity index (χ0n) is 19.1. The monoisotopic (exact) mass is 448 g/mol. The van der Waals surface area contributed by atoms with Gasteiger partial charge in [-0.2, -0.15) is 0 Å². The van der Waals surface area contributed by atoms with Gasteiger partial charge in [-0.15, -0.1) is 0 Å². The predicted molar refractivity (Wildman–Crippen MR) is 117 cm³/mol. The van der Waals surface area contributed by atoms with Gasteiger partial charge in [0, 0.05) is 37.8 Å². The molecule has 10 heteroatoms. The van der Waals surface area contributed by atoms with E-state index in [2.05, 4.69) is 10.2 Å². The molecule has 0 radical (unpaired) electrons.